The molecule has 0 bridgehead atoms. The summed E-state index contributed by atoms with van der Waals surface area (Å²) in [5, 5.41) is 17.3. The zero-order valence-corrected chi connectivity index (χ0v) is 20.1. The number of hydrogen-bond acceptors (Lipinski definition) is 9. The van der Waals surface area contributed by atoms with Crippen molar-refractivity contribution in [1.82, 2.24) is 5.43 Å². The van der Waals surface area contributed by atoms with Gasteiger partial charge in [0, 0.05) is 22.6 Å². The number of rotatable bonds is 7. The Morgan fingerprint density at radius 2 is 1.89 bits per heavy atom. The number of nitrogens with one attached hydrogen (secondary N) is 2. The van der Waals surface area contributed by atoms with Gasteiger partial charge in [-0.25, -0.2) is 10.2 Å². The second kappa shape index (κ2) is 11.0. The molecule has 12 heteroatoms. The highest BCUT2D eigenvalue weighted by molar-refractivity contribution is 7.17. The number of benzene rings is 1. The van der Waals surface area contributed by atoms with E-state index in [1.165, 1.54) is 29.7 Å². The number of ether oxygens (including phenoxy) is 1. The molecule has 2 aromatic heterocycles. The number of fused-ring (bicyclic) bond motifs is 1. The Labute approximate surface area is 209 Å². The molecular formula is C24H22N4O7S. The Morgan fingerprint density at radius 3 is 2.61 bits per heavy atom. The highest BCUT2D eigenvalue weighted by atomic mass is 32.1. The van der Waals surface area contributed by atoms with Gasteiger partial charge in [0.15, 0.2) is 0 Å². The molecule has 0 saturated heterocycles. The molecule has 1 aliphatic carbocycles. The van der Waals surface area contributed by atoms with E-state index in [2.05, 4.69) is 15.8 Å². The van der Waals surface area contributed by atoms with Crippen LogP contribution in [-0.4, -0.2) is 35.5 Å². The van der Waals surface area contributed by atoms with Gasteiger partial charge in [-0.3, -0.25) is 19.7 Å². The van der Waals surface area contributed by atoms with E-state index in [9.17, 15) is 24.5 Å². The van der Waals surface area contributed by atoms with E-state index >= 15 is 0 Å². The first-order chi connectivity index (χ1) is 17.4. The van der Waals surface area contributed by atoms with Gasteiger partial charge in [0.1, 0.15) is 16.5 Å². The summed E-state index contributed by atoms with van der Waals surface area (Å²) in [5.41, 5.74) is 3.91. The highest BCUT2D eigenvalue weighted by Crippen LogP contribution is 2.38. The number of anilines is 1. The highest BCUT2D eigenvalue weighted by Gasteiger charge is 2.28. The number of carbonyl (C=O) groups excluding carboxylic acids is 3. The molecule has 4 rings (SSSR count). The number of esters is 1. The van der Waals surface area contributed by atoms with Crippen LogP contribution in [0.3, 0.4) is 0 Å². The number of hydrazone groups is 1. The van der Waals surface area contributed by atoms with Crippen molar-refractivity contribution in [2.45, 2.75) is 32.6 Å². The third-order valence-corrected chi connectivity index (χ3v) is 6.64. The zero-order chi connectivity index (χ0) is 25.7. The van der Waals surface area contributed by atoms with Crippen LogP contribution in [0.2, 0.25) is 0 Å². The van der Waals surface area contributed by atoms with Crippen LogP contribution in [0.1, 0.15) is 46.3 Å². The average Bonchev–Trinajstić information content (AvgIpc) is 3.48. The van der Waals surface area contributed by atoms with Crippen LogP contribution in [0.5, 0.6) is 0 Å². The second-order valence-electron chi connectivity index (χ2n) is 7.79. The van der Waals surface area contributed by atoms with Gasteiger partial charge in [-0.15, -0.1) is 11.3 Å². The van der Waals surface area contributed by atoms with E-state index in [4.69, 9.17) is 9.15 Å². The molecule has 2 heterocycles. The number of nitrogens with zero attached hydrogens (tertiary/aromatic N) is 2. The topological polar surface area (TPSA) is 153 Å². The van der Waals surface area contributed by atoms with E-state index in [1.807, 2.05) is 0 Å². The quantitative estimate of drug-likeness (QED) is 0.160. The minimum absolute atomic E-state index is 0.0369. The summed E-state index contributed by atoms with van der Waals surface area (Å²) in [6, 6.07) is 9.07. The van der Waals surface area contributed by atoms with Crippen LogP contribution in [0, 0.1) is 10.1 Å². The van der Waals surface area contributed by atoms with Gasteiger partial charge >= 0.3 is 17.8 Å². The Hall–Kier alpha value is -4.32. The number of nitro groups is 1. The van der Waals surface area contributed by atoms with E-state index < -0.39 is 22.7 Å². The smallest absolute Gasteiger partial charge is 0.341 e. The molecule has 0 radical (unpaired) electrons. The maximum atomic E-state index is 12.5. The monoisotopic (exact) mass is 510 g/mol. The summed E-state index contributed by atoms with van der Waals surface area (Å²) in [5.74, 6) is -1.77. The van der Waals surface area contributed by atoms with Crippen molar-refractivity contribution in [1.29, 1.82) is 0 Å². The fraction of sp³-hybridized carbons (Fsp3) is 0.250. The normalized spacial score (nSPS) is 12.7. The molecule has 0 atom stereocenters. The first kappa shape index (κ1) is 24.8. The molecule has 0 aliphatic heterocycles. The Kier molecular flexibility index (Phi) is 7.54. The van der Waals surface area contributed by atoms with Crippen LogP contribution in [-0.2, 0) is 27.2 Å². The molecule has 186 valence electrons. The summed E-state index contributed by atoms with van der Waals surface area (Å²) < 4.78 is 10.8. The molecule has 0 unspecified atom stereocenters. The number of non-ortho nitro benzene ring substituents is 1. The summed E-state index contributed by atoms with van der Waals surface area (Å²) in [6.45, 7) is 1.90. The molecule has 0 fully saturated rings. The average molecular weight is 511 g/mol. The van der Waals surface area contributed by atoms with Crippen molar-refractivity contribution >= 4 is 46.0 Å². The number of aryl methyl sites for hydroxylation is 1. The second-order valence-corrected chi connectivity index (χ2v) is 8.90. The fourth-order valence-electron chi connectivity index (χ4n) is 3.76. The number of thiophene rings is 1. The van der Waals surface area contributed by atoms with Gasteiger partial charge in [0.05, 0.1) is 23.3 Å². The van der Waals surface area contributed by atoms with Crippen molar-refractivity contribution < 1.29 is 28.5 Å². The molecule has 0 saturated carbocycles. The van der Waals surface area contributed by atoms with E-state index in [-0.39, 0.29) is 12.3 Å². The Morgan fingerprint density at radius 1 is 1.14 bits per heavy atom. The largest absolute Gasteiger partial charge is 0.462 e. The SMILES string of the molecule is CCOC(=O)c1c(NC(=O)C(=O)N/N=C\c2ccc(-c3ccc([N+](=O)[O-])cc3)o2)sc2c1CCCC2. The predicted octanol–water partition coefficient (Wildman–Crippen LogP) is 4.06. The van der Waals surface area contributed by atoms with Gasteiger partial charge in [-0.1, -0.05) is 0 Å². The summed E-state index contributed by atoms with van der Waals surface area (Å²) in [6.07, 6.45) is 4.68. The van der Waals surface area contributed by atoms with Gasteiger partial charge in [-0.05, 0) is 62.4 Å². The summed E-state index contributed by atoms with van der Waals surface area (Å²) >= 11 is 1.28. The minimum atomic E-state index is -1.02. The van der Waals surface area contributed by atoms with Crippen molar-refractivity contribution in [3.05, 3.63) is 68.3 Å². The van der Waals surface area contributed by atoms with E-state index in [0.29, 0.717) is 27.6 Å². The summed E-state index contributed by atoms with van der Waals surface area (Å²) in [7, 11) is 0. The van der Waals surface area contributed by atoms with Crippen LogP contribution < -0.4 is 10.7 Å². The van der Waals surface area contributed by atoms with Crippen molar-refractivity contribution in [2.75, 3.05) is 11.9 Å². The molecule has 2 N–H and O–H groups in total. The molecule has 3 aromatic rings. The fourth-order valence-corrected chi connectivity index (χ4v) is 5.04. The van der Waals surface area contributed by atoms with Crippen LogP contribution in [0.25, 0.3) is 11.3 Å². The number of hydrogen-bond donors (Lipinski definition) is 2. The van der Waals surface area contributed by atoms with Gasteiger partial charge in [0.25, 0.3) is 5.69 Å². The Bertz CT molecular complexity index is 1340. The number of carbonyl (C=O) groups is 3. The van der Waals surface area contributed by atoms with E-state index in [0.717, 1.165) is 36.1 Å². The lowest BCUT2D eigenvalue weighted by atomic mass is 9.95. The summed E-state index contributed by atoms with van der Waals surface area (Å²) in [4.78, 5) is 48.5. The zero-order valence-electron chi connectivity index (χ0n) is 19.2. The molecule has 2 amide bonds. The van der Waals surface area contributed by atoms with E-state index in [1.54, 1.807) is 31.2 Å². The maximum Gasteiger partial charge on any atom is 0.341 e. The molecule has 36 heavy (non-hydrogen) atoms. The van der Waals surface area contributed by atoms with Crippen LogP contribution in [0.15, 0.2) is 45.9 Å². The third kappa shape index (κ3) is 5.49. The first-order valence-corrected chi connectivity index (χ1v) is 12.0. The van der Waals surface area contributed by atoms with Gasteiger partial charge in [0.2, 0.25) is 0 Å². The molecule has 0 spiro atoms. The van der Waals surface area contributed by atoms with Crippen LogP contribution >= 0.6 is 11.3 Å². The third-order valence-electron chi connectivity index (χ3n) is 5.43. The molecular weight excluding hydrogens is 488 g/mol. The predicted molar refractivity (Wildman–Crippen MR) is 132 cm³/mol. The lowest BCUT2D eigenvalue weighted by Crippen LogP contribution is -2.32. The number of nitro benzene ring substituents is 1. The maximum absolute atomic E-state index is 12.5. The van der Waals surface area contributed by atoms with Crippen LogP contribution in [0.4, 0.5) is 10.7 Å². The van der Waals surface area contributed by atoms with Gasteiger partial charge < -0.3 is 14.5 Å². The van der Waals surface area contributed by atoms with Crippen molar-refractivity contribution in [3.8, 4) is 11.3 Å². The number of furan rings is 1. The number of amides is 2. The molecule has 11 nitrogen and oxygen atoms in total. The first-order valence-electron chi connectivity index (χ1n) is 11.2. The molecule has 1 aromatic carbocycles. The standard InChI is InChI=1S/C24H22N4O7S/c1-2-34-24(31)20-17-5-3-4-6-19(17)36-23(20)26-21(29)22(30)27-25-13-16-11-12-18(35-16)14-7-9-15(10-8-14)28(32)33/h7-13H,2-6H2,1H3,(H,26,29)(H,27,30)/b25-13-. The minimum Gasteiger partial charge on any atom is -0.462 e. The Balaban J connectivity index is 1.39. The molecule has 1 aliphatic rings. The lowest BCUT2D eigenvalue weighted by Gasteiger charge is -2.12. The van der Waals surface area contributed by atoms with Crippen molar-refractivity contribution in [2.24, 2.45) is 5.10 Å². The van der Waals surface area contributed by atoms with Crippen molar-refractivity contribution in [3.63, 3.8) is 0 Å². The lowest BCUT2D eigenvalue weighted by molar-refractivity contribution is -0.384. The van der Waals surface area contributed by atoms with Gasteiger partial charge in [-0.2, -0.15) is 5.10 Å².